The van der Waals surface area contributed by atoms with Crippen LogP contribution in [-0.4, -0.2) is 31.5 Å². The van der Waals surface area contributed by atoms with Crippen LogP contribution in [0.2, 0.25) is 0 Å². The molecule has 0 saturated heterocycles. The Morgan fingerprint density at radius 2 is 2.50 bits per heavy atom. The molecule has 0 aliphatic carbocycles. The molecule has 5 heteroatoms. The Morgan fingerprint density at radius 3 is 2.62 bits per heavy atom. The molecule has 45 valence electrons. The molecule has 0 spiro atoms. The van der Waals surface area contributed by atoms with E-state index in [4.69, 9.17) is 10.8 Å². The second-order valence-electron chi connectivity index (χ2n) is 1.32. The summed E-state index contributed by atoms with van der Waals surface area (Å²) in [5.41, 5.74) is 5.01. The third kappa shape index (κ3) is 2.60. The van der Waals surface area contributed by atoms with E-state index in [1.54, 1.807) is 7.05 Å². The largest absolute Gasteiger partial charge is 0.481 e. The number of hydrogen-bond acceptors (Lipinski definition) is 3. The van der Waals surface area contributed by atoms with Gasteiger partial charge in [-0.1, -0.05) is 0 Å². The second kappa shape index (κ2) is 3.46. The zero-order valence-corrected chi connectivity index (χ0v) is 4.59. The maximum absolute atomic E-state index is 9.89. The highest BCUT2D eigenvalue weighted by atomic mass is 16.4. The molecule has 0 aliphatic rings. The van der Waals surface area contributed by atoms with Crippen molar-refractivity contribution in [2.24, 2.45) is 5.73 Å². The molecule has 0 rings (SSSR count). The standard InChI is InChI=1S/C3H8BN2O2/c1-6-4-2(5)3(7)8/h2,6H,5H2,1H3,(H,7,8). The Bertz CT molecular complexity index is 87.4. The van der Waals surface area contributed by atoms with Crippen molar-refractivity contribution in [2.75, 3.05) is 7.05 Å². The Balaban J connectivity index is 3.32. The first-order valence-corrected chi connectivity index (χ1v) is 2.17. The van der Waals surface area contributed by atoms with Crippen LogP contribution in [0.1, 0.15) is 0 Å². The summed E-state index contributed by atoms with van der Waals surface area (Å²) in [6, 6.07) is 0. The molecule has 0 heterocycles. The predicted molar refractivity (Wildman–Crippen MR) is 30.4 cm³/mol. The molecule has 0 saturated carbocycles. The van der Waals surface area contributed by atoms with Gasteiger partial charge in [-0.15, -0.1) is 0 Å². The fourth-order valence-electron chi connectivity index (χ4n) is 0.251. The first-order valence-electron chi connectivity index (χ1n) is 2.17. The maximum Gasteiger partial charge on any atom is 0.313 e. The summed E-state index contributed by atoms with van der Waals surface area (Å²) in [5.74, 6) is -1.93. The van der Waals surface area contributed by atoms with Crippen LogP contribution in [0.3, 0.4) is 0 Å². The number of carbonyl (C=O) groups is 1. The van der Waals surface area contributed by atoms with E-state index < -0.39 is 11.9 Å². The summed E-state index contributed by atoms with van der Waals surface area (Å²) in [6.07, 6.45) is 0. The molecular formula is C3H8BN2O2. The van der Waals surface area contributed by atoms with Crippen LogP contribution >= 0.6 is 0 Å². The van der Waals surface area contributed by atoms with E-state index in [2.05, 4.69) is 5.23 Å². The van der Waals surface area contributed by atoms with Crippen LogP contribution in [-0.2, 0) is 4.79 Å². The van der Waals surface area contributed by atoms with Crippen molar-refractivity contribution in [1.82, 2.24) is 5.23 Å². The first-order chi connectivity index (χ1) is 3.68. The molecule has 0 amide bonds. The summed E-state index contributed by atoms with van der Waals surface area (Å²) in [4.78, 5) is 9.89. The number of nitrogens with one attached hydrogen (secondary N) is 1. The van der Waals surface area contributed by atoms with Crippen molar-refractivity contribution in [3.8, 4) is 0 Å². The van der Waals surface area contributed by atoms with Crippen LogP contribution in [0, 0.1) is 0 Å². The molecule has 4 N–H and O–H groups in total. The molecular weight excluding hydrogens is 107 g/mol. The quantitative estimate of drug-likeness (QED) is 0.379. The highest BCUT2D eigenvalue weighted by Gasteiger charge is 2.10. The molecule has 8 heavy (non-hydrogen) atoms. The van der Waals surface area contributed by atoms with Gasteiger partial charge in [0.25, 0.3) is 0 Å². The van der Waals surface area contributed by atoms with E-state index in [0.717, 1.165) is 0 Å². The molecule has 0 bridgehead atoms. The number of aliphatic carboxylic acids is 1. The third-order valence-corrected chi connectivity index (χ3v) is 0.631. The predicted octanol–water partition coefficient (Wildman–Crippen LogP) is -1.81. The molecule has 0 aromatic carbocycles. The monoisotopic (exact) mass is 115 g/mol. The van der Waals surface area contributed by atoms with E-state index >= 15 is 0 Å². The van der Waals surface area contributed by atoms with Gasteiger partial charge in [0.2, 0.25) is 7.41 Å². The zero-order chi connectivity index (χ0) is 6.57. The minimum absolute atomic E-state index is 0.903. The van der Waals surface area contributed by atoms with Crippen LogP contribution in [0.5, 0.6) is 0 Å². The fourth-order valence-corrected chi connectivity index (χ4v) is 0.251. The van der Waals surface area contributed by atoms with E-state index in [1.807, 2.05) is 0 Å². The van der Waals surface area contributed by atoms with E-state index in [1.165, 1.54) is 7.41 Å². The number of hydrogen-bond donors (Lipinski definition) is 3. The van der Waals surface area contributed by atoms with Gasteiger partial charge in [0.1, 0.15) is 0 Å². The van der Waals surface area contributed by atoms with E-state index in [0.29, 0.717) is 0 Å². The Hall–Kier alpha value is -0.545. The molecule has 0 aliphatic heterocycles. The number of rotatable bonds is 3. The number of carboxylic acid groups (broad SMARTS) is 1. The van der Waals surface area contributed by atoms with Crippen LogP contribution in [0.4, 0.5) is 0 Å². The highest BCUT2D eigenvalue weighted by molar-refractivity contribution is 6.40. The van der Waals surface area contributed by atoms with Crippen molar-refractivity contribution in [3.05, 3.63) is 0 Å². The molecule has 1 atom stereocenters. The van der Waals surface area contributed by atoms with Gasteiger partial charge in [-0.3, -0.25) is 4.79 Å². The Kier molecular flexibility index (Phi) is 3.22. The minimum Gasteiger partial charge on any atom is -0.481 e. The van der Waals surface area contributed by atoms with Crippen LogP contribution < -0.4 is 11.0 Å². The van der Waals surface area contributed by atoms with Crippen molar-refractivity contribution < 1.29 is 9.90 Å². The molecule has 0 aromatic heterocycles. The zero-order valence-electron chi connectivity index (χ0n) is 4.59. The lowest BCUT2D eigenvalue weighted by molar-refractivity contribution is -0.136. The normalized spacial score (nSPS) is 12.8. The summed E-state index contributed by atoms with van der Waals surface area (Å²) in [6.45, 7) is 0. The molecule has 1 unspecified atom stereocenters. The summed E-state index contributed by atoms with van der Waals surface area (Å²) in [7, 11) is 2.89. The average molecular weight is 115 g/mol. The van der Waals surface area contributed by atoms with Gasteiger partial charge in [-0.05, 0) is 7.05 Å². The van der Waals surface area contributed by atoms with E-state index in [-0.39, 0.29) is 0 Å². The fraction of sp³-hybridized carbons (Fsp3) is 0.667. The molecule has 4 nitrogen and oxygen atoms in total. The van der Waals surface area contributed by atoms with E-state index in [9.17, 15) is 4.79 Å². The van der Waals surface area contributed by atoms with Crippen LogP contribution in [0.15, 0.2) is 0 Å². The van der Waals surface area contributed by atoms with Gasteiger partial charge in [-0.25, -0.2) is 0 Å². The van der Waals surface area contributed by atoms with Gasteiger partial charge in [-0.2, -0.15) is 0 Å². The minimum atomic E-state index is -1.03. The average Bonchev–Trinajstić information content (AvgIpc) is 1.67. The SMILES string of the molecule is CN[B]C(N)C(=O)O. The Morgan fingerprint density at radius 1 is 2.00 bits per heavy atom. The summed E-state index contributed by atoms with van der Waals surface area (Å²) < 4.78 is 0. The molecule has 1 radical (unpaired) electrons. The number of nitrogens with two attached hydrogens (primary N) is 1. The third-order valence-electron chi connectivity index (χ3n) is 0.631. The van der Waals surface area contributed by atoms with Crippen molar-refractivity contribution in [3.63, 3.8) is 0 Å². The topological polar surface area (TPSA) is 75.3 Å². The van der Waals surface area contributed by atoms with Gasteiger partial charge in [0, 0.05) is 0 Å². The molecule has 0 aromatic rings. The Labute approximate surface area is 48.3 Å². The second-order valence-corrected chi connectivity index (χ2v) is 1.32. The van der Waals surface area contributed by atoms with Gasteiger partial charge in [0.15, 0.2) is 0 Å². The maximum atomic E-state index is 9.89. The lowest BCUT2D eigenvalue weighted by Gasteiger charge is -1.99. The smallest absolute Gasteiger partial charge is 0.313 e. The lowest BCUT2D eigenvalue weighted by atomic mass is 9.84. The van der Waals surface area contributed by atoms with Gasteiger partial charge < -0.3 is 16.1 Å². The summed E-state index contributed by atoms with van der Waals surface area (Å²) >= 11 is 0. The highest BCUT2D eigenvalue weighted by Crippen LogP contribution is 1.68. The first kappa shape index (κ1) is 7.45. The van der Waals surface area contributed by atoms with Gasteiger partial charge in [0.05, 0.1) is 5.94 Å². The summed E-state index contributed by atoms with van der Waals surface area (Å²) in [5, 5.41) is 10.6. The number of carboxylic acids is 1. The van der Waals surface area contributed by atoms with Crippen molar-refractivity contribution in [2.45, 2.75) is 5.94 Å². The molecule has 0 fully saturated rings. The van der Waals surface area contributed by atoms with Crippen molar-refractivity contribution in [1.29, 1.82) is 0 Å². The van der Waals surface area contributed by atoms with Crippen molar-refractivity contribution >= 4 is 13.4 Å². The van der Waals surface area contributed by atoms with Crippen LogP contribution in [0.25, 0.3) is 0 Å². The van der Waals surface area contributed by atoms with Gasteiger partial charge >= 0.3 is 5.97 Å². The lowest BCUT2D eigenvalue weighted by Crippen LogP contribution is -2.42.